The van der Waals surface area contributed by atoms with Gasteiger partial charge in [0, 0.05) is 0 Å². The minimum atomic E-state index is -0.512. The van der Waals surface area contributed by atoms with Gasteiger partial charge in [-0.1, -0.05) is 110 Å². The zero-order valence-electron chi connectivity index (χ0n) is 20.0. The van der Waals surface area contributed by atoms with E-state index in [1.165, 1.54) is 0 Å². The van der Waals surface area contributed by atoms with E-state index in [1.807, 2.05) is 63.2 Å². The van der Waals surface area contributed by atoms with Gasteiger partial charge < -0.3 is 4.74 Å². The molecule has 0 amide bonds. The topological polar surface area (TPSA) is 26.3 Å². The second kappa shape index (κ2) is 10.4. The lowest BCUT2D eigenvalue weighted by Crippen LogP contribution is -2.28. The SMILES string of the molecule is CCC(C)(C)C(=O)Oc1ccc(C(=C(c2ccccc2)c2ccccc2)c2ccccc2)cc1. The number of rotatable bonds is 7. The van der Waals surface area contributed by atoms with Crippen molar-refractivity contribution in [3.05, 3.63) is 138 Å². The van der Waals surface area contributed by atoms with Crippen molar-refractivity contribution in [2.45, 2.75) is 27.2 Å². The third-order valence-electron chi connectivity index (χ3n) is 6.23. The molecule has 0 spiro atoms. The molecule has 170 valence electrons. The van der Waals surface area contributed by atoms with Crippen molar-refractivity contribution in [1.82, 2.24) is 0 Å². The first-order valence-electron chi connectivity index (χ1n) is 11.7. The molecule has 0 radical (unpaired) electrons. The Kier molecular flexibility index (Phi) is 7.08. The largest absolute Gasteiger partial charge is 0.426 e. The van der Waals surface area contributed by atoms with Crippen molar-refractivity contribution in [1.29, 1.82) is 0 Å². The Hall–Kier alpha value is -3.91. The Morgan fingerprint density at radius 2 is 0.941 bits per heavy atom. The quantitative estimate of drug-likeness (QED) is 0.163. The van der Waals surface area contributed by atoms with E-state index in [-0.39, 0.29) is 5.97 Å². The summed E-state index contributed by atoms with van der Waals surface area (Å²) in [5.74, 6) is 0.347. The average Bonchev–Trinajstić information content (AvgIpc) is 2.89. The lowest BCUT2D eigenvalue weighted by Gasteiger charge is -2.21. The molecule has 4 aromatic carbocycles. The van der Waals surface area contributed by atoms with Crippen LogP contribution in [0.5, 0.6) is 5.75 Å². The minimum absolute atomic E-state index is 0.212. The molecule has 34 heavy (non-hydrogen) atoms. The predicted octanol–water partition coefficient (Wildman–Crippen LogP) is 8.04. The van der Waals surface area contributed by atoms with Crippen LogP contribution in [0.2, 0.25) is 0 Å². The standard InChI is InChI=1S/C32H30O2/c1-4-32(2,3)31(33)34-28-22-20-27(21-23-28)30(26-18-12-7-13-19-26)29(24-14-8-5-9-15-24)25-16-10-6-11-17-25/h5-23H,4H2,1-3H3. The highest BCUT2D eigenvalue weighted by Gasteiger charge is 2.27. The Morgan fingerprint density at radius 1 is 0.588 bits per heavy atom. The van der Waals surface area contributed by atoms with Crippen molar-refractivity contribution in [3.63, 3.8) is 0 Å². The summed E-state index contributed by atoms with van der Waals surface area (Å²) in [5, 5.41) is 0. The van der Waals surface area contributed by atoms with E-state index in [0.29, 0.717) is 5.75 Å². The number of hydrogen-bond donors (Lipinski definition) is 0. The van der Waals surface area contributed by atoms with Gasteiger partial charge in [0.15, 0.2) is 0 Å². The molecule has 0 N–H and O–H groups in total. The van der Waals surface area contributed by atoms with E-state index in [0.717, 1.165) is 39.8 Å². The molecule has 0 saturated heterocycles. The maximum atomic E-state index is 12.6. The normalized spacial score (nSPS) is 11.0. The molecule has 0 aliphatic heterocycles. The summed E-state index contributed by atoms with van der Waals surface area (Å²) in [7, 11) is 0. The number of carbonyl (C=O) groups is 1. The van der Waals surface area contributed by atoms with Gasteiger partial charge in [0.25, 0.3) is 0 Å². The monoisotopic (exact) mass is 446 g/mol. The maximum absolute atomic E-state index is 12.6. The van der Waals surface area contributed by atoms with E-state index in [4.69, 9.17) is 4.74 Å². The van der Waals surface area contributed by atoms with E-state index >= 15 is 0 Å². The smallest absolute Gasteiger partial charge is 0.316 e. The molecule has 0 aromatic heterocycles. The Morgan fingerprint density at radius 3 is 1.29 bits per heavy atom. The Bertz CT molecular complexity index is 1210. The van der Waals surface area contributed by atoms with Crippen LogP contribution in [0.15, 0.2) is 115 Å². The van der Waals surface area contributed by atoms with Crippen molar-refractivity contribution in [3.8, 4) is 5.75 Å². The van der Waals surface area contributed by atoms with Gasteiger partial charge in [-0.25, -0.2) is 0 Å². The highest BCUT2D eigenvalue weighted by atomic mass is 16.5. The van der Waals surface area contributed by atoms with Gasteiger partial charge in [0.1, 0.15) is 5.75 Å². The number of hydrogen-bond acceptors (Lipinski definition) is 2. The maximum Gasteiger partial charge on any atom is 0.316 e. The van der Waals surface area contributed by atoms with Gasteiger partial charge in [-0.15, -0.1) is 0 Å². The van der Waals surface area contributed by atoms with Crippen LogP contribution < -0.4 is 4.74 Å². The summed E-state index contributed by atoms with van der Waals surface area (Å²) in [6, 6.07) is 39.2. The second-order valence-corrected chi connectivity index (χ2v) is 9.00. The fraction of sp³-hybridized carbons (Fsp3) is 0.156. The van der Waals surface area contributed by atoms with Crippen LogP contribution in [0.3, 0.4) is 0 Å². The van der Waals surface area contributed by atoms with Crippen LogP contribution in [0, 0.1) is 5.41 Å². The summed E-state index contributed by atoms with van der Waals surface area (Å²) < 4.78 is 5.69. The zero-order chi connectivity index (χ0) is 24.0. The van der Waals surface area contributed by atoms with Gasteiger partial charge in [0.05, 0.1) is 5.41 Å². The molecule has 0 fully saturated rings. The molecule has 4 aromatic rings. The second-order valence-electron chi connectivity index (χ2n) is 9.00. The summed E-state index contributed by atoms with van der Waals surface area (Å²) in [6.45, 7) is 5.81. The van der Waals surface area contributed by atoms with Crippen LogP contribution in [0.4, 0.5) is 0 Å². The molecular formula is C32H30O2. The molecule has 2 heteroatoms. The fourth-order valence-corrected chi connectivity index (χ4v) is 3.80. The van der Waals surface area contributed by atoms with Crippen LogP contribution in [0.25, 0.3) is 11.1 Å². The number of ether oxygens (including phenoxy) is 1. The van der Waals surface area contributed by atoms with E-state index < -0.39 is 5.41 Å². The van der Waals surface area contributed by atoms with Gasteiger partial charge in [-0.05, 0) is 65.8 Å². The van der Waals surface area contributed by atoms with E-state index in [2.05, 4.69) is 72.8 Å². The average molecular weight is 447 g/mol. The molecule has 0 atom stereocenters. The predicted molar refractivity (Wildman–Crippen MR) is 140 cm³/mol. The summed E-state index contributed by atoms with van der Waals surface area (Å²) in [4.78, 5) is 12.6. The zero-order valence-corrected chi connectivity index (χ0v) is 20.0. The summed E-state index contributed by atoms with van der Waals surface area (Å²) >= 11 is 0. The third-order valence-corrected chi connectivity index (χ3v) is 6.23. The fourth-order valence-electron chi connectivity index (χ4n) is 3.80. The molecule has 0 aliphatic carbocycles. The first kappa shape index (κ1) is 23.3. The van der Waals surface area contributed by atoms with Crippen molar-refractivity contribution >= 4 is 17.1 Å². The van der Waals surface area contributed by atoms with Crippen molar-refractivity contribution in [2.24, 2.45) is 5.41 Å². The third kappa shape index (κ3) is 5.18. The summed E-state index contributed by atoms with van der Waals surface area (Å²) in [6.07, 6.45) is 0.725. The molecule has 4 rings (SSSR count). The molecule has 0 aliphatic rings. The molecule has 2 nitrogen and oxygen atoms in total. The molecule has 0 saturated carbocycles. The highest BCUT2D eigenvalue weighted by Crippen LogP contribution is 2.37. The number of esters is 1. The van der Waals surface area contributed by atoms with E-state index in [1.54, 1.807) is 0 Å². The number of carbonyl (C=O) groups excluding carboxylic acids is 1. The first-order chi connectivity index (χ1) is 16.5. The van der Waals surface area contributed by atoms with Crippen LogP contribution in [-0.4, -0.2) is 5.97 Å². The first-order valence-corrected chi connectivity index (χ1v) is 11.7. The van der Waals surface area contributed by atoms with Gasteiger partial charge in [-0.2, -0.15) is 0 Å². The van der Waals surface area contributed by atoms with Crippen molar-refractivity contribution < 1.29 is 9.53 Å². The highest BCUT2D eigenvalue weighted by molar-refractivity contribution is 6.04. The molecule has 0 heterocycles. The molecular weight excluding hydrogens is 416 g/mol. The minimum Gasteiger partial charge on any atom is -0.426 e. The summed E-state index contributed by atoms with van der Waals surface area (Å²) in [5.41, 5.74) is 6.25. The van der Waals surface area contributed by atoms with Crippen LogP contribution >= 0.6 is 0 Å². The molecule has 0 bridgehead atoms. The van der Waals surface area contributed by atoms with Gasteiger partial charge in [-0.3, -0.25) is 4.79 Å². The lowest BCUT2D eigenvalue weighted by atomic mass is 9.86. The lowest BCUT2D eigenvalue weighted by molar-refractivity contribution is -0.144. The molecule has 0 unspecified atom stereocenters. The van der Waals surface area contributed by atoms with Crippen LogP contribution in [-0.2, 0) is 4.79 Å². The van der Waals surface area contributed by atoms with Gasteiger partial charge in [0.2, 0.25) is 0 Å². The van der Waals surface area contributed by atoms with Crippen molar-refractivity contribution in [2.75, 3.05) is 0 Å². The van der Waals surface area contributed by atoms with Gasteiger partial charge >= 0.3 is 5.97 Å². The number of benzene rings is 4. The Balaban J connectivity index is 1.87. The Labute approximate surface area is 202 Å². The van der Waals surface area contributed by atoms with E-state index in [9.17, 15) is 4.79 Å². The van der Waals surface area contributed by atoms with Crippen LogP contribution in [0.1, 0.15) is 49.4 Å².